The maximum absolute atomic E-state index is 12.0. The summed E-state index contributed by atoms with van der Waals surface area (Å²) in [7, 11) is 3.44. The minimum Gasteiger partial charge on any atom is -0.346 e. The maximum atomic E-state index is 12.0. The van der Waals surface area contributed by atoms with Crippen LogP contribution in [0.5, 0.6) is 0 Å². The number of thiocarbonyl (C=S) groups is 1. The molecule has 1 amide bonds. The van der Waals surface area contributed by atoms with Crippen molar-refractivity contribution < 1.29 is 4.79 Å². The van der Waals surface area contributed by atoms with Crippen LogP contribution in [0.3, 0.4) is 0 Å². The Bertz CT molecular complexity index is 646. The molecule has 0 unspecified atom stereocenters. The number of rotatable bonds is 4. The Balaban J connectivity index is 2.46. The second kappa shape index (κ2) is 5.99. The average Bonchev–Trinajstić information content (AvgIpc) is 2.81. The highest BCUT2D eigenvalue weighted by atomic mass is 32.2. The Morgan fingerprint density at radius 1 is 1.53 bits per heavy atom. The SMILES string of the molecule is CN(C)C(=O)/C(=C/c1c[nH]c2ncccc12)SC=S. The van der Waals surface area contributed by atoms with Crippen LogP contribution in [0, 0.1) is 0 Å². The first-order valence-electron chi connectivity index (χ1n) is 5.59. The van der Waals surface area contributed by atoms with Crippen LogP contribution in [0.25, 0.3) is 17.1 Å². The molecule has 2 aromatic rings. The highest BCUT2D eigenvalue weighted by molar-refractivity contribution is 8.24. The molecule has 2 aromatic heterocycles. The number of hydrogen-bond donors (Lipinski definition) is 1. The van der Waals surface area contributed by atoms with Crippen LogP contribution in [-0.4, -0.2) is 39.6 Å². The minimum atomic E-state index is -0.0654. The van der Waals surface area contributed by atoms with Gasteiger partial charge in [-0.3, -0.25) is 4.79 Å². The molecule has 0 saturated heterocycles. The summed E-state index contributed by atoms with van der Waals surface area (Å²) in [4.78, 5) is 21.5. The number of carbonyl (C=O) groups is 1. The van der Waals surface area contributed by atoms with Crippen molar-refractivity contribution in [1.29, 1.82) is 0 Å². The number of nitrogens with zero attached hydrogens (tertiary/aromatic N) is 2. The van der Waals surface area contributed by atoms with E-state index in [0.717, 1.165) is 16.6 Å². The molecule has 19 heavy (non-hydrogen) atoms. The van der Waals surface area contributed by atoms with Crippen LogP contribution in [-0.2, 0) is 4.79 Å². The number of amides is 1. The van der Waals surface area contributed by atoms with E-state index in [-0.39, 0.29) is 5.91 Å². The average molecular weight is 291 g/mol. The van der Waals surface area contributed by atoms with Gasteiger partial charge in [0.15, 0.2) is 0 Å². The molecule has 0 saturated carbocycles. The summed E-state index contributed by atoms with van der Waals surface area (Å²) in [5, 5.41) is 0.983. The van der Waals surface area contributed by atoms with Crippen LogP contribution < -0.4 is 0 Å². The van der Waals surface area contributed by atoms with Gasteiger partial charge in [-0.2, -0.15) is 0 Å². The summed E-state index contributed by atoms with van der Waals surface area (Å²) >= 11 is 6.08. The molecule has 2 rings (SSSR count). The first-order chi connectivity index (χ1) is 9.13. The van der Waals surface area contributed by atoms with E-state index in [2.05, 4.69) is 9.97 Å². The molecule has 0 fully saturated rings. The van der Waals surface area contributed by atoms with E-state index in [4.69, 9.17) is 12.2 Å². The van der Waals surface area contributed by atoms with E-state index >= 15 is 0 Å². The monoisotopic (exact) mass is 291 g/mol. The van der Waals surface area contributed by atoms with Gasteiger partial charge in [0.05, 0.1) is 4.91 Å². The van der Waals surface area contributed by atoms with Crippen LogP contribution in [0.2, 0.25) is 0 Å². The quantitative estimate of drug-likeness (QED) is 0.695. The summed E-state index contributed by atoms with van der Waals surface area (Å²) in [5.74, 6) is -0.0654. The van der Waals surface area contributed by atoms with Crippen LogP contribution >= 0.6 is 24.0 Å². The first kappa shape index (κ1) is 13.8. The highest BCUT2D eigenvalue weighted by Gasteiger charge is 2.12. The molecule has 0 radical (unpaired) electrons. The summed E-state index contributed by atoms with van der Waals surface area (Å²) in [6.45, 7) is 0. The largest absolute Gasteiger partial charge is 0.346 e. The molecular formula is C13H13N3OS2. The number of H-pyrrole nitrogens is 1. The number of aromatic amines is 1. The lowest BCUT2D eigenvalue weighted by Gasteiger charge is -2.11. The van der Waals surface area contributed by atoms with Crippen LogP contribution in [0.4, 0.5) is 0 Å². The van der Waals surface area contributed by atoms with Crippen LogP contribution in [0.1, 0.15) is 5.56 Å². The standard InChI is InChI=1S/C13H13N3OS2/c1-16(2)13(17)11(19-8-18)6-9-7-15-12-10(9)4-3-5-14-12/h3-8H,1-2H3,(H,14,15)/b11-6-. The van der Waals surface area contributed by atoms with Gasteiger partial charge in [-0.25, -0.2) is 4.98 Å². The van der Waals surface area contributed by atoms with Gasteiger partial charge in [0.2, 0.25) is 0 Å². The number of fused-ring (bicyclic) bond motifs is 1. The van der Waals surface area contributed by atoms with E-state index < -0.39 is 0 Å². The molecule has 1 N–H and O–H groups in total. The van der Waals surface area contributed by atoms with E-state index in [9.17, 15) is 4.79 Å². The number of carbonyl (C=O) groups excluding carboxylic acids is 1. The lowest BCUT2D eigenvalue weighted by atomic mass is 10.2. The van der Waals surface area contributed by atoms with Crippen LogP contribution in [0.15, 0.2) is 29.4 Å². The lowest BCUT2D eigenvalue weighted by Crippen LogP contribution is -2.22. The van der Waals surface area contributed by atoms with E-state index in [1.807, 2.05) is 24.4 Å². The lowest BCUT2D eigenvalue weighted by molar-refractivity contribution is -0.123. The summed E-state index contributed by atoms with van der Waals surface area (Å²) in [5.41, 5.74) is 1.73. The highest BCUT2D eigenvalue weighted by Crippen LogP contribution is 2.23. The number of aromatic nitrogens is 2. The maximum Gasteiger partial charge on any atom is 0.260 e. The third-order valence-corrected chi connectivity index (χ3v) is 3.49. The molecule has 0 bridgehead atoms. The molecule has 0 aliphatic carbocycles. The zero-order valence-electron chi connectivity index (χ0n) is 10.6. The fraction of sp³-hybridized carbons (Fsp3) is 0.154. The van der Waals surface area contributed by atoms with Gasteiger partial charge in [-0.1, -0.05) is 24.0 Å². The predicted octanol–water partition coefficient (Wildman–Crippen LogP) is 2.68. The van der Waals surface area contributed by atoms with Gasteiger partial charge in [0, 0.05) is 42.1 Å². The molecule has 0 aromatic carbocycles. The third kappa shape index (κ3) is 3.02. The van der Waals surface area contributed by atoms with Crippen molar-refractivity contribution in [2.45, 2.75) is 0 Å². The molecule has 0 aliphatic heterocycles. The minimum absolute atomic E-state index is 0.0654. The molecule has 6 heteroatoms. The van der Waals surface area contributed by atoms with Crippen molar-refractivity contribution in [1.82, 2.24) is 14.9 Å². The number of nitrogens with one attached hydrogen (secondary N) is 1. The second-order valence-electron chi connectivity index (χ2n) is 4.07. The summed E-state index contributed by atoms with van der Waals surface area (Å²) in [6.07, 6.45) is 5.39. The Labute approximate surface area is 120 Å². The van der Waals surface area contributed by atoms with Crippen molar-refractivity contribution in [2.24, 2.45) is 0 Å². The molecule has 2 heterocycles. The van der Waals surface area contributed by atoms with Gasteiger partial charge in [-0.15, -0.1) is 0 Å². The summed E-state index contributed by atoms with van der Waals surface area (Å²) < 4.78 is 1.49. The number of thioether (sulfide) groups is 1. The van der Waals surface area contributed by atoms with Crippen molar-refractivity contribution in [3.63, 3.8) is 0 Å². The second-order valence-corrected chi connectivity index (χ2v) is 5.51. The Morgan fingerprint density at radius 2 is 2.32 bits per heavy atom. The number of hydrogen-bond acceptors (Lipinski definition) is 4. The molecule has 4 nitrogen and oxygen atoms in total. The zero-order chi connectivity index (χ0) is 13.8. The fourth-order valence-electron chi connectivity index (χ4n) is 1.66. The summed E-state index contributed by atoms with van der Waals surface area (Å²) in [6, 6.07) is 3.83. The molecular weight excluding hydrogens is 278 g/mol. The molecule has 0 atom stereocenters. The van der Waals surface area contributed by atoms with Gasteiger partial charge < -0.3 is 9.88 Å². The Kier molecular flexibility index (Phi) is 4.34. The first-order valence-corrected chi connectivity index (χ1v) is 6.94. The fourth-order valence-corrected chi connectivity index (χ4v) is 2.55. The van der Waals surface area contributed by atoms with Crippen molar-refractivity contribution >= 4 is 51.7 Å². The Hall–Kier alpha value is -1.66. The topological polar surface area (TPSA) is 49.0 Å². The van der Waals surface area contributed by atoms with Gasteiger partial charge in [-0.05, 0) is 18.2 Å². The number of likely N-dealkylation sites (N-methyl/N-ethyl adjacent to an activating group) is 1. The smallest absolute Gasteiger partial charge is 0.260 e. The third-order valence-electron chi connectivity index (χ3n) is 2.56. The van der Waals surface area contributed by atoms with Gasteiger partial charge >= 0.3 is 0 Å². The number of pyridine rings is 1. The van der Waals surface area contributed by atoms with Gasteiger partial charge in [0.1, 0.15) is 5.65 Å². The predicted molar refractivity (Wildman–Crippen MR) is 84.0 cm³/mol. The van der Waals surface area contributed by atoms with E-state index in [1.165, 1.54) is 21.4 Å². The molecule has 0 aliphatic rings. The molecule has 0 spiro atoms. The van der Waals surface area contributed by atoms with Gasteiger partial charge in [0.25, 0.3) is 5.91 Å². The van der Waals surface area contributed by atoms with Crippen molar-refractivity contribution in [2.75, 3.05) is 14.1 Å². The Morgan fingerprint density at radius 3 is 3.00 bits per heavy atom. The van der Waals surface area contributed by atoms with Crippen molar-refractivity contribution in [3.05, 3.63) is 35.0 Å². The normalized spacial score (nSPS) is 11.6. The van der Waals surface area contributed by atoms with E-state index in [0.29, 0.717) is 4.91 Å². The van der Waals surface area contributed by atoms with Crippen molar-refractivity contribution in [3.8, 4) is 0 Å². The van der Waals surface area contributed by atoms with E-state index in [1.54, 1.807) is 20.3 Å². The molecule has 98 valence electrons. The zero-order valence-corrected chi connectivity index (χ0v) is 12.2.